The summed E-state index contributed by atoms with van der Waals surface area (Å²) >= 11 is 9.48. The SMILES string of the molecule is CCCNCc1ccc(COc2cncc(Cl)c2)c(Br)c1. The molecule has 0 amide bonds. The third-order valence-electron chi connectivity index (χ3n) is 2.95. The smallest absolute Gasteiger partial charge is 0.139 e. The summed E-state index contributed by atoms with van der Waals surface area (Å²) in [5, 5.41) is 3.96. The van der Waals surface area contributed by atoms with Gasteiger partial charge in [-0.05, 0) is 24.6 Å². The second kappa shape index (κ2) is 8.37. The van der Waals surface area contributed by atoms with Crippen LogP contribution in [0.25, 0.3) is 0 Å². The van der Waals surface area contributed by atoms with Gasteiger partial charge in [0.15, 0.2) is 0 Å². The molecule has 0 atom stereocenters. The van der Waals surface area contributed by atoms with Crippen molar-refractivity contribution in [3.63, 3.8) is 0 Å². The van der Waals surface area contributed by atoms with Gasteiger partial charge in [0, 0.05) is 28.8 Å². The molecule has 2 aromatic rings. The van der Waals surface area contributed by atoms with Crippen LogP contribution < -0.4 is 10.1 Å². The lowest BCUT2D eigenvalue weighted by Gasteiger charge is -2.10. The summed E-state index contributed by atoms with van der Waals surface area (Å²) in [5.74, 6) is 0.670. The molecule has 5 heteroatoms. The Morgan fingerprint density at radius 3 is 2.86 bits per heavy atom. The third kappa shape index (κ3) is 5.30. The Kier molecular flexibility index (Phi) is 6.49. The van der Waals surface area contributed by atoms with Crippen LogP contribution in [0.2, 0.25) is 5.02 Å². The van der Waals surface area contributed by atoms with Crippen molar-refractivity contribution in [2.45, 2.75) is 26.5 Å². The lowest BCUT2D eigenvalue weighted by atomic mass is 10.1. The number of ether oxygens (including phenoxy) is 1. The second-order valence-corrected chi connectivity index (χ2v) is 6.02. The predicted octanol–water partition coefficient (Wildman–Crippen LogP) is 4.58. The fourth-order valence-corrected chi connectivity index (χ4v) is 2.56. The molecule has 1 aromatic carbocycles. The molecule has 0 saturated carbocycles. The van der Waals surface area contributed by atoms with E-state index in [1.807, 2.05) is 0 Å². The van der Waals surface area contributed by atoms with Gasteiger partial charge in [0.05, 0.1) is 11.2 Å². The van der Waals surface area contributed by atoms with Gasteiger partial charge in [0.2, 0.25) is 0 Å². The van der Waals surface area contributed by atoms with Crippen molar-refractivity contribution in [3.8, 4) is 5.75 Å². The van der Waals surface area contributed by atoms with Gasteiger partial charge in [-0.1, -0.05) is 46.6 Å². The molecule has 0 bridgehead atoms. The summed E-state index contributed by atoms with van der Waals surface area (Å²) in [6, 6.07) is 8.07. The first kappa shape index (κ1) is 16.3. The summed E-state index contributed by atoms with van der Waals surface area (Å²) in [6.45, 7) is 4.55. The molecule has 1 heterocycles. The molecule has 0 aliphatic rings. The number of benzene rings is 1. The molecule has 0 saturated heterocycles. The van der Waals surface area contributed by atoms with Gasteiger partial charge in [0.1, 0.15) is 12.4 Å². The van der Waals surface area contributed by atoms with Crippen LogP contribution in [0.4, 0.5) is 0 Å². The van der Waals surface area contributed by atoms with Gasteiger partial charge in [-0.2, -0.15) is 0 Å². The highest BCUT2D eigenvalue weighted by Crippen LogP contribution is 2.22. The van der Waals surface area contributed by atoms with E-state index in [1.165, 1.54) is 5.56 Å². The van der Waals surface area contributed by atoms with E-state index >= 15 is 0 Å². The van der Waals surface area contributed by atoms with Crippen molar-refractivity contribution in [1.29, 1.82) is 0 Å². The van der Waals surface area contributed by atoms with Crippen LogP contribution in [-0.2, 0) is 13.2 Å². The molecule has 0 spiro atoms. The maximum absolute atomic E-state index is 5.88. The summed E-state index contributed by atoms with van der Waals surface area (Å²) in [7, 11) is 0. The molecule has 0 unspecified atom stereocenters. The zero-order valence-electron chi connectivity index (χ0n) is 11.9. The number of nitrogens with one attached hydrogen (secondary N) is 1. The lowest BCUT2D eigenvalue weighted by molar-refractivity contribution is 0.304. The first-order valence-electron chi connectivity index (χ1n) is 6.90. The average molecular weight is 370 g/mol. The Hall–Kier alpha value is -1.10. The van der Waals surface area contributed by atoms with Gasteiger partial charge >= 0.3 is 0 Å². The fourth-order valence-electron chi connectivity index (χ4n) is 1.86. The number of hydrogen-bond acceptors (Lipinski definition) is 3. The van der Waals surface area contributed by atoms with Gasteiger partial charge in [-0.3, -0.25) is 4.98 Å². The molecule has 112 valence electrons. The molecular weight excluding hydrogens is 352 g/mol. The summed E-state index contributed by atoms with van der Waals surface area (Å²) < 4.78 is 6.75. The van der Waals surface area contributed by atoms with Gasteiger partial charge in [0.25, 0.3) is 0 Å². The zero-order chi connectivity index (χ0) is 15.1. The summed E-state index contributed by atoms with van der Waals surface area (Å²) in [5.41, 5.74) is 2.35. The van der Waals surface area contributed by atoms with Gasteiger partial charge < -0.3 is 10.1 Å². The van der Waals surface area contributed by atoms with Crippen molar-refractivity contribution in [1.82, 2.24) is 10.3 Å². The quantitative estimate of drug-likeness (QED) is 0.726. The number of pyridine rings is 1. The standard InChI is InChI=1S/C16H18BrClN2O/c1-2-5-19-8-12-3-4-13(16(17)6-12)11-21-15-7-14(18)9-20-10-15/h3-4,6-7,9-10,19H,2,5,8,11H2,1H3. The van der Waals surface area contributed by atoms with Crippen molar-refractivity contribution >= 4 is 27.5 Å². The average Bonchev–Trinajstić information content (AvgIpc) is 2.47. The summed E-state index contributed by atoms with van der Waals surface area (Å²) in [6.07, 6.45) is 4.38. The highest BCUT2D eigenvalue weighted by molar-refractivity contribution is 9.10. The van der Waals surface area contributed by atoms with Crippen LogP contribution in [-0.4, -0.2) is 11.5 Å². The maximum Gasteiger partial charge on any atom is 0.139 e. The van der Waals surface area contributed by atoms with Crippen molar-refractivity contribution < 1.29 is 4.74 Å². The van der Waals surface area contributed by atoms with Crippen LogP contribution in [0.1, 0.15) is 24.5 Å². The predicted molar refractivity (Wildman–Crippen MR) is 89.7 cm³/mol. The Morgan fingerprint density at radius 2 is 2.14 bits per heavy atom. The molecule has 0 aliphatic carbocycles. The number of nitrogens with zero attached hydrogens (tertiary/aromatic N) is 1. The Balaban J connectivity index is 1.94. The Bertz CT molecular complexity index is 592. The van der Waals surface area contributed by atoms with E-state index in [2.05, 4.69) is 51.4 Å². The molecule has 0 radical (unpaired) electrons. The second-order valence-electron chi connectivity index (χ2n) is 4.73. The molecule has 3 nitrogen and oxygen atoms in total. The van der Waals surface area contributed by atoms with Gasteiger partial charge in [-0.15, -0.1) is 0 Å². The molecule has 1 N–H and O–H groups in total. The van der Waals surface area contributed by atoms with E-state index in [-0.39, 0.29) is 0 Å². The fraction of sp³-hybridized carbons (Fsp3) is 0.312. The number of aromatic nitrogens is 1. The number of halogens is 2. The molecule has 0 aliphatic heterocycles. The minimum absolute atomic E-state index is 0.477. The van der Waals surface area contributed by atoms with Gasteiger partial charge in [-0.25, -0.2) is 0 Å². The minimum Gasteiger partial charge on any atom is -0.487 e. The summed E-state index contributed by atoms with van der Waals surface area (Å²) in [4.78, 5) is 4.00. The zero-order valence-corrected chi connectivity index (χ0v) is 14.2. The molecule has 21 heavy (non-hydrogen) atoms. The van der Waals surface area contributed by atoms with Crippen molar-refractivity contribution in [2.24, 2.45) is 0 Å². The molecule has 2 rings (SSSR count). The van der Waals surface area contributed by atoms with Crippen LogP contribution in [0, 0.1) is 0 Å². The third-order valence-corrected chi connectivity index (χ3v) is 3.89. The van der Waals surface area contributed by atoms with E-state index in [0.29, 0.717) is 17.4 Å². The molecular formula is C16H18BrClN2O. The van der Waals surface area contributed by atoms with Crippen LogP contribution >= 0.6 is 27.5 Å². The maximum atomic E-state index is 5.88. The van der Waals surface area contributed by atoms with Crippen LogP contribution in [0.5, 0.6) is 5.75 Å². The highest BCUT2D eigenvalue weighted by atomic mass is 79.9. The van der Waals surface area contributed by atoms with E-state index in [9.17, 15) is 0 Å². The first-order valence-corrected chi connectivity index (χ1v) is 8.07. The normalized spacial score (nSPS) is 10.6. The van der Waals surface area contributed by atoms with E-state index in [4.69, 9.17) is 16.3 Å². The van der Waals surface area contributed by atoms with Crippen molar-refractivity contribution in [3.05, 3.63) is 57.3 Å². The number of hydrogen-bond donors (Lipinski definition) is 1. The topological polar surface area (TPSA) is 34.1 Å². The van der Waals surface area contributed by atoms with Crippen molar-refractivity contribution in [2.75, 3.05) is 6.54 Å². The number of rotatable bonds is 7. The first-order chi connectivity index (χ1) is 10.2. The molecule has 0 fully saturated rings. The minimum atomic E-state index is 0.477. The Morgan fingerprint density at radius 1 is 1.29 bits per heavy atom. The monoisotopic (exact) mass is 368 g/mol. The van der Waals surface area contributed by atoms with E-state index in [1.54, 1.807) is 18.5 Å². The lowest BCUT2D eigenvalue weighted by Crippen LogP contribution is -2.13. The molecule has 1 aromatic heterocycles. The Labute approximate surface area is 138 Å². The van der Waals surface area contributed by atoms with E-state index < -0.39 is 0 Å². The largest absolute Gasteiger partial charge is 0.487 e. The van der Waals surface area contributed by atoms with E-state index in [0.717, 1.165) is 29.5 Å². The van der Waals surface area contributed by atoms with Crippen LogP contribution in [0.15, 0.2) is 41.1 Å². The van der Waals surface area contributed by atoms with Crippen LogP contribution in [0.3, 0.4) is 0 Å². The highest BCUT2D eigenvalue weighted by Gasteiger charge is 2.04.